The largest absolute Gasteiger partial charge is 0.273 e. The molecular formula is C13H17ClN2O. The smallest absolute Gasteiger partial charge is 0.240 e. The van der Waals surface area contributed by atoms with Crippen LogP contribution in [0.4, 0.5) is 0 Å². The van der Waals surface area contributed by atoms with Crippen molar-refractivity contribution in [1.29, 1.82) is 0 Å². The molecule has 0 spiro atoms. The molecule has 0 saturated heterocycles. The Morgan fingerprint density at radius 3 is 2.71 bits per heavy atom. The molecule has 4 heteroatoms. The molecule has 0 atom stereocenters. The molecule has 1 aromatic rings. The number of halogens is 1. The Kier molecular flexibility index (Phi) is 6.33. The lowest BCUT2D eigenvalue weighted by Crippen LogP contribution is -2.16. The van der Waals surface area contributed by atoms with Crippen LogP contribution >= 0.6 is 11.6 Å². The van der Waals surface area contributed by atoms with Crippen LogP contribution in [0.25, 0.3) is 0 Å². The second-order valence-electron chi connectivity index (χ2n) is 3.80. The van der Waals surface area contributed by atoms with E-state index in [4.69, 9.17) is 11.6 Å². The van der Waals surface area contributed by atoms with E-state index in [0.29, 0.717) is 11.4 Å². The van der Waals surface area contributed by atoms with Gasteiger partial charge in [-0.2, -0.15) is 5.10 Å². The molecule has 1 rings (SSSR count). The fourth-order valence-electron chi connectivity index (χ4n) is 1.32. The maximum Gasteiger partial charge on any atom is 0.240 e. The van der Waals surface area contributed by atoms with Gasteiger partial charge in [0, 0.05) is 11.4 Å². The molecule has 3 nitrogen and oxygen atoms in total. The van der Waals surface area contributed by atoms with Crippen LogP contribution in [0.1, 0.15) is 38.2 Å². The van der Waals surface area contributed by atoms with Crippen molar-refractivity contribution in [2.24, 2.45) is 5.10 Å². The maximum atomic E-state index is 11.3. The standard InChI is InChI=1S/C13H17ClN2O/c1-2-3-4-5-13(17)16-15-10-11-6-8-12(14)9-7-11/h6-10H,2-5H2,1H3,(H,16,17)/b15-10-. The zero-order valence-electron chi connectivity index (χ0n) is 9.95. The van der Waals surface area contributed by atoms with Gasteiger partial charge in [0.05, 0.1) is 6.21 Å². The van der Waals surface area contributed by atoms with Gasteiger partial charge in [0.25, 0.3) is 0 Å². The van der Waals surface area contributed by atoms with Gasteiger partial charge in [-0.05, 0) is 24.1 Å². The third kappa shape index (κ3) is 6.07. The van der Waals surface area contributed by atoms with Crippen molar-refractivity contribution >= 4 is 23.7 Å². The quantitative estimate of drug-likeness (QED) is 0.471. The average molecular weight is 253 g/mol. The Labute approximate surface area is 107 Å². The molecule has 0 unspecified atom stereocenters. The highest BCUT2D eigenvalue weighted by Crippen LogP contribution is 2.07. The van der Waals surface area contributed by atoms with E-state index in [1.54, 1.807) is 18.3 Å². The third-order valence-electron chi connectivity index (χ3n) is 2.28. The molecule has 0 heterocycles. The maximum absolute atomic E-state index is 11.3. The lowest BCUT2D eigenvalue weighted by Gasteiger charge is -1.98. The molecule has 0 aliphatic carbocycles. The van der Waals surface area contributed by atoms with Gasteiger partial charge in [-0.15, -0.1) is 0 Å². The highest BCUT2D eigenvalue weighted by atomic mass is 35.5. The summed E-state index contributed by atoms with van der Waals surface area (Å²) in [6.45, 7) is 2.11. The van der Waals surface area contributed by atoms with Crippen LogP contribution in [0.15, 0.2) is 29.4 Å². The summed E-state index contributed by atoms with van der Waals surface area (Å²) >= 11 is 5.75. The molecule has 0 saturated carbocycles. The summed E-state index contributed by atoms with van der Waals surface area (Å²) in [7, 11) is 0. The summed E-state index contributed by atoms with van der Waals surface area (Å²) in [6.07, 6.45) is 5.24. The fourth-order valence-corrected chi connectivity index (χ4v) is 1.45. The van der Waals surface area contributed by atoms with Crippen molar-refractivity contribution in [2.45, 2.75) is 32.6 Å². The van der Waals surface area contributed by atoms with Crippen LogP contribution in [0.2, 0.25) is 5.02 Å². The van der Waals surface area contributed by atoms with Gasteiger partial charge in [-0.25, -0.2) is 5.43 Å². The van der Waals surface area contributed by atoms with Crippen LogP contribution in [-0.4, -0.2) is 12.1 Å². The van der Waals surface area contributed by atoms with E-state index < -0.39 is 0 Å². The monoisotopic (exact) mass is 252 g/mol. The van der Waals surface area contributed by atoms with Crippen molar-refractivity contribution < 1.29 is 4.79 Å². The molecule has 92 valence electrons. The number of hydrogen-bond donors (Lipinski definition) is 1. The van der Waals surface area contributed by atoms with E-state index in [-0.39, 0.29) is 5.91 Å². The van der Waals surface area contributed by atoms with E-state index >= 15 is 0 Å². The van der Waals surface area contributed by atoms with Crippen molar-refractivity contribution in [1.82, 2.24) is 5.43 Å². The number of nitrogens with one attached hydrogen (secondary N) is 1. The number of benzene rings is 1. The zero-order valence-corrected chi connectivity index (χ0v) is 10.7. The second kappa shape index (κ2) is 7.85. The third-order valence-corrected chi connectivity index (χ3v) is 2.53. The summed E-state index contributed by atoms with van der Waals surface area (Å²) in [6, 6.07) is 7.25. The van der Waals surface area contributed by atoms with Gasteiger partial charge in [0.1, 0.15) is 0 Å². The topological polar surface area (TPSA) is 41.5 Å². The lowest BCUT2D eigenvalue weighted by atomic mass is 10.2. The minimum atomic E-state index is -0.0383. The van der Waals surface area contributed by atoms with Crippen molar-refractivity contribution in [3.63, 3.8) is 0 Å². The Morgan fingerprint density at radius 1 is 1.35 bits per heavy atom. The first-order valence-electron chi connectivity index (χ1n) is 5.80. The zero-order chi connectivity index (χ0) is 12.5. The minimum absolute atomic E-state index is 0.0383. The van der Waals surface area contributed by atoms with Crippen molar-refractivity contribution in [3.05, 3.63) is 34.9 Å². The Hall–Kier alpha value is -1.35. The van der Waals surface area contributed by atoms with E-state index in [2.05, 4.69) is 17.5 Å². The molecular weight excluding hydrogens is 236 g/mol. The highest BCUT2D eigenvalue weighted by Gasteiger charge is 1.97. The molecule has 0 bridgehead atoms. The second-order valence-corrected chi connectivity index (χ2v) is 4.24. The number of nitrogens with zero attached hydrogens (tertiary/aromatic N) is 1. The molecule has 0 aliphatic rings. The first-order chi connectivity index (χ1) is 8.22. The number of carbonyl (C=O) groups is 1. The van der Waals surface area contributed by atoms with E-state index in [1.807, 2.05) is 12.1 Å². The van der Waals surface area contributed by atoms with Gasteiger partial charge in [-0.3, -0.25) is 4.79 Å². The fraction of sp³-hybridized carbons (Fsp3) is 0.385. The van der Waals surface area contributed by atoms with E-state index in [1.165, 1.54) is 0 Å². The number of unbranched alkanes of at least 4 members (excludes halogenated alkanes) is 2. The average Bonchev–Trinajstić information content (AvgIpc) is 2.32. The summed E-state index contributed by atoms with van der Waals surface area (Å²) in [5, 5.41) is 4.57. The van der Waals surface area contributed by atoms with Crippen molar-refractivity contribution in [3.8, 4) is 0 Å². The summed E-state index contributed by atoms with van der Waals surface area (Å²) in [5.74, 6) is -0.0383. The number of hydrogen-bond acceptors (Lipinski definition) is 2. The molecule has 1 amide bonds. The number of carbonyl (C=O) groups excluding carboxylic acids is 1. The number of hydrazone groups is 1. The molecule has 0 fully saturated rings. The Morgan fingerprint density at radius 2 is 2.06 bits per heavy atom. The molecule has 1 aromatic carbocycles. The number of rotatable bonds is 6. The van der Waals surface area contributed by atoms with Crippen LogP contribution in [0.5, 0.6) is 0 Å². The molecule has 0 radical (unpaired) electrons. The van der Waals surface area contributed by atoms with Gasteiger partial charge in [0.2, 0.25) is 5.91 Å². The Balaban J connectivity index is 2.29. The summed E-state index contributed by atoms with van der Waals surface area (Å²) < 4.78 is 0. The molecule has 17 heavy (non-hydrogen) atoms. The Bertz CT molecular complexity index is 374. The van der Waals surface area contributed by atoms with Crippen LogP contribution in [0.3, 0.4) is 0 Å². The van der Waals surface area contributed by atoms with Gasteiger partial charge in [0.15, 0.2) is 0 Å². The molecule has 0 aromatic heterocycles. The highest BCUT2D eigenvalue weighted by molar-refractivity contribution is 6.30. The predicted molar refractivity (Wildman–Crippen MR) is 71.3 cm³/mol. The lowest BCUT2D eigenvalue weighted by molar-refractivity contribution is -0.121. The van der Waals surface area contributed by atoms with Gasteiger partial charge in [-0.1, -0.05) is 43.5 Å². The molecule has 1 N–H and O–H groups in total. The van der Waals surface area contributed by atoms with Crippen LogP contribution < -0.4 is 5.43 Å². The van der Waals surface area contributed by atoms with Crippen molar-refractivity contribution in [2.75, 3.05) is 0 Å². The minimum Gasteiger partial charge on any atom is -0.273 e. The summed E-state index contributed by atoms with van der Waals surface area (Å²) in [4.78, 5) is 11.3. The molecule has 0 aliphatic heterocycles. The predicted octanol–water partition coefficient (Wildman–Crippen LogP) is 3.37. The number of amides is 1. The SMILES string of the molecule is CCCCCC(=O)N/N=C\c1ccc(Cl)cc1. The van der Waals surface area contributed by atoms with Gasteiger partial charge >= 0.3 is 0 Å². The van der Waals surface area contributed by atoms with E-state index in [0.717, 1.165) is 24.8 Å². The normalized spacial score (nSPS) is 10.7. The summed E-state index contributed by atoms with van der Waals surface area (Å²) in [5.41, 5.74) is 3.41. The van der Waals surface area contributed by atoms with Gasteiger partial charge < -0.3 is 0 Å². The van der Waals surface area contributed by atoms with Crippen LogP contribution in [-0.2, 0) is 4.79 Å². The first kappa shape index (κ1) is 13.7. The van der Waals surface area contributed by atoms with E-state index in [9.17, 15) is 4.79 Å². The van der Waals surface area contributed by atoms with Crippen LogP contribution in [0, 0.1) is 0 Å². The first-order valence-corrected chi connectivity index (χ1v) is 6.17.